The van der Waals surface area contributed by atoms with Gasteiger partial charge < -0.3 is 10.6 Å². The van der Waals surface area contributed by atoms with Crippen molar-refractivity contribution in [1.29, 1.82) is 0 Å². The van der Waals surface area contributed by atoms with Gasteiger partial charge in [-0.1, -0.05) is 23.7 Å². The summed E-state index contributed by atoms with van der Waals surface area (Å²) in [5, 5.41) is 7.16. The number of benzene rings is 1. The maximum Gasteiger partial charge on any atom is 0.190 e. The lowest BCUT2D eigenvalue weighted by atomic mass is 10.1. The summed E-state index contributed by atoms with van der Waals surface area (Å²) in [5.74, 6) is 0.844. The lowest BCUT2D eigenvalue weighted by molar-refractivity contribution is 0.810. The zero-order valence-corrected chi connectivity index (χ0v) is 13.3. The Morgan fingerprint density at radius 1 is 1.24 bits per heavy atom. The molecule has 0 aromatic heterocycles. The Balaban J connectivity index is 0.00000256. The molecule has 1 aromatic carbocycles. The normalized spacial score (nSPS) is 10.6. The van der Waals surface area contributed by atoms with Crippen LogP contribution in [0.15, 0.2) is 29.3 Å². The highest BCUT2D eigenvalue weighted by atomic mass is 127. The molecule has 3 nitrogen and oxygen atoms in total. The second-order valence-corrected chi connectivity index (χ2v) is 3.84. The lowest BCUT2D eigenvalue weighted by Gasteiger charge is -2.09. The molecule has 17 heavy (non-hydrogen) atoms. The molecule has 5 heteroatoms. The molecular formula is C12H19ClIN3. The number of aliphatic imine (C=N–C) groups is 1. The number of rotatable bonds is 4. The molecule has 0 saturated carbocycles. The van der Waals surface area contributed by atoms with Crippen LogP contribution in [0.5, 0.6) is 0 Å². The van der Waals surface area contributed by atoms with Gasteiger partial charge in [0.1, 0.15) is 0 Å². The fourth-order valence-corrected chi connectivity index (χ4v) is 1.49. The number of halogens is 2. The highest BCUT2D eigenvalue weighted by molar-refractivity contribution is 14.0. The third-order valence-corrected chi connectivity index (χ3v) is 2.44. The van der Waals surface area contributed by atoms with E-state index in [-0.39, 0.29) is 24.0 Å². The van der Waals surface area contributed by atoms with E-state index in [4.69, 9.17) is 11.6 Å². The van der Waals surface area contributed by atoms with Crippen molar-refractivity contribution in [2.75, 3.05) is 20.1 Å². The first kappa shape index (κ1) is 16.5. The minimum absolute atomic E-state index is 0. The van der Waals surface area contributed by atoms with Crippen LogP contribution in [0.25, 0.3) is 0 Å². The highest BCUT2D eigenvalue weighted by Crippen LogP contribution is 2.09. The fourth-order valence-electron chi connectivity index (χ4n) is 1.36. The molecule has 0 bridgehead atoms. The Morgan fingerprint density at radius 2 is 1.88 bits per heavy atom. The summed E-state index contributed by atoms with van der Waals surface area (Å²) in [6.45, 7) is 3.79. The van der Waals surface area contributed by atoms with Crippen LogP contribution in [0.3, 0.4) is 0 Å². The Kier molecular flexibility index (Phi) is 9.26. The molecule has 1 rings (SSSR count). The second-order valence-electron chi connectivity index (χ2n) is 3.41. The van der Waals surface area contributed by atoms with Gasteiger partial charge in [-0.3, -0.25) is 4.99 Å². The third-order valence-electron chi connectivity index (χ3n) is 2.19. The van der Waals surface area contributed by atoms with Crippen molar-refractivity contribution in [3.63, 3.8) is 0 Å². The van der Waals surface area contributed by atoms with Crippen molar-refractivity contribution < 1.29 is 0 Å². The van der Waals surface area contributed by atoms with Crippen LogP contribution in [-0.2, 0) is 6.42 Å². The quantitative estimate of drug-likeness (QED) is 0.488. The molecule has 0 radical (unpaired) electrons. The van der Waals surface area contributed by atoms with Crippen LogP contribution in [0.4, 0.5) is 0 Å². The molecular weight excluding hydrogens is 349 g/mol. The number of hydrogen-bond donors (Lipinski definition) is 2. The van der Waals surface area contributed by atoms with Gasteiger partial charge in [0, 0.05) is 25.2 Å². The predicted molar refractivity (Wildman–Crippen MR) is 85.6 cm³/mol. The summed E-state index contributed by atoms with van der Waals surface area (Å²) in [5.41, 5.74) is 1.27. The zero-order valence-electron chi connectivity index (χ0n) is 10.2. The van der Waals surface area contributed by atoms with E-state index in [9.17, 15) is 0 Å². The minimum Gasteiger partial charge on any atom is -0.357 e. The van der Waals surface area contributed by atoms with E-state index in [0.29, 0.717) is 0 Å². The van der Waals surface area contributed by atoms with Crippen LogP contribution in [0, 0.1) is 0 Å². The highest BCUT2D eigenvalue weighted by Gasteiger charge is 1.96. The number of nitrogens with one attached hydrogen (secondary N) is 2. The van der Waals surface area contributed by atoms with Gasteiger partial charge in [0.05, 0.1) is 0 Å². The van der Waals surface area contributed by atoms with E-state index in [0.717, 1.165) is 30.5 Å². The SMILES string of the molecule is CCNC(=NC)NCCc1ccc(Cl)cc1.I. The van der Waals surface area contributed by atoms with Gasteiger partial charge in [0.25, 0.3) is 0 Å². The van der Waals surface area contributed by atoms with Crippen molar-refractivity contribution in [1.82, 2.24) is 10.6 Å². The largest absolute Gasteiger partial charge is 0.357 e. The summed E-state index contributed by atoms with van der Waals surface area (Å²) < 4.78 is 0. The van der Waals surface area contributed by atoms with Gasteiger partial charge >= 0.3 is 0 Å². The van der Waals surface area contributed by atoms with Crippen molar-refractivity contribution in [3.8, 4) is 0 Å². The first-order valence-corrected chi connectivity index (χ1v) is 5.83. The van der Waals surface area contributed by atoms with Gasteiger partial charge in [0.2, 0.25) is 0 Å². The molecule has 0 amide bonds. The van der Waals surface area contributed by atoms with E-state index in [1.807, 2.05) is 31.2 Å². The maximum absolute atomic E-state index is 5.82. The molecule has 0 saturated heterocycles. The van der Waals surface area contributed by atoms with Crippen LogP contribution in [0.2, 0.25) is 5.02 Å². The van der Waals surface area contributed by atoms with Crippen molar-refractivity contribution in [2.45, 2.75) is 13.3 Å². The minimum atomic E-state index is 0. The maximum atomic E-state index is 5.82. The molecule has 0 atom stereocenters. The third kappa shape index (κ3) is 6.73. The molecule has 0 aliphatic rings. The van der Waals surface area contributed by atoms with Crippen molar-refractivity contribution in [3.05, 3.63) is 34.9 Å². The summed E-state index contributed by atoms with van der Waals surface area (Å²) in [4.78, 5) is 4.10. The molecule has 0 fully saturated rings. The van der Waals surface area contributed by atoms with Gasteiger partial charge in [-0.15, -0.1) is 24.0 Å². The first-order valence-electron chi connectivity index (χ1n) is 5.45. The van der Waals surface area contributed by atoms with Crippen molar-refractivity contribution in [2.24, 2.45) is 4.99 Å². The summed E-state index contributed by atoms with van der Waals surface area (Å²) >= 11 is 5.82. The predicted octanol–water partition coefficient (Wildman–Crippen LogP) is 2.69. The van der Waals surface area contributed by atoms with Crippen LogP contribution in [0.1, 0.15) is 12.5 Å². The van der Waals surface area contributed by atoms with E-state index in [1.165, 1.54) is 5.56 Å². The Bertz CT molecular complexity index is 338. The first-order chi connectivity index (χ1) is 7.76. The topological polar surface area (TPSA) is 36.4 Å². The van der Waals surface area contributed by atoms with Gasteiger partial charge in [-0.05, 0) is 31.0 Å². The van der Waals surface area contributed by atoms with Crippen molar-refractivity contribution >= 4 is 41.5 Å². The second kappa shape index (κ2) is 9.53. The van der Waals surface area contributed by atoms with Gasteiger partial charge in [0.15, 0.2) is 5.96 Å². The summed E-state index contributed by atoms with van der Waals surface area (Å²) in [6, 6.07) is 7.91. The van der Waals surface area contributed by atoms with E-state index in [1.54, 1.807) is 7.05 Å². The Hall–Kier alpha value is -0.490. The Morgan fingerprint density at radius 3 is 2.41 bits per heavy atom. The standard InChI is InChI=1S/C12H18ClN3.HI/c1-3-15-12(14-2)16-9-8-10-4-6-11(13)7-5-10;/h4-7H,3,8-9H2,1-2H3,(H2,14,15,16);1H. The molecule has 0 unspecified atom stereocenters. The molecule has 0 aliphatic heterocycles. The summed E-state index contributed by atoms with van der Waals surface area (Å²) in [7, 11) is 1.77. The molecule has 0 aliphatic carbocycles. The molecule has 0 heterocycles. The zero-order chi connectivity index (χ0) is 11.8. The van der Waals surface area contributed by atoms with Crippen LogP contribution < -0.4 is 10.6 Å². The van der Waals surface area contributed by atoms with Crippen LogP contribution in [-0.4, -0.2) is 26.1 Å². The molecule has 1 aromatic rings. The summed E-state index contributed by atoms with van der Waals surface area (Å²) in [6.07, 6.45) is 0.960. The van der Waals surface area contributed by atoms with E-state index in [2.05, 4.69) is 15.6 Å². The fraction of sp³-hybridized carbons (Fsp3) is 0.417. The number of hydrogen-bond acceptors (Lipinski definition) is 1. The average molecular weight is 368 g/mol. The van der Waals surface area contributed by atoms with Gasteiger partial charge in [-0.2, -0.15) is 0 Å². The molecule has 2 N–H and O–H groups in total. The lowest BCUT2D eigenvalue weighted by Crippen LogP contribution is -2.38. The van der Waals surface area contributed by atoms with Gasteiger partial charge in [-0.25, -0.2) is 0 Å². The smallest absolute Gasteiger partial charge is 0.190 e. The number of guanidine groups is 1. The average Bonchev–Trinajstić information content (AvgIpc) is 2.30. The van der Waals surface area contributed by atoms with E-state index < -0.39 is 0 Å². The van der Waals surface area contributed by atoms with Crippen LogP contribution >= 0.6 is 35.6 Å². The monoisotopic (exact) mass is 367 g/mol. The Labute approximate surface area is 125 Å². The molecule has 96 valence electrons. The molecule has 0 spiro atoms. The number of nitrogens with zero attached hydrogens (tertiary/aromatic N) is 1. The van der Waals surface area contributed by atoms with E-state index >= 15 is 0 Å².